The summed E-state index contributed by atoms with van der Waals surface area (Å²) < 4.78 is 37.3. The van der Waals surface area contributed by atoms with Crippen molar-refractivity contribution in [1.82, 2.24) is 0 Å². The number of ether oxygens (including phenoxy) is 2. The highest BCUT2D eigenvalue weighted by molar-refractivity contribution is 5.96. The fourth-order valence-electron chi connectivity index (χ4n) is 1.85. The molecule has 0 saturated heterocycles. The van der Waals surface area contributed by atoms with E-state index in [-0.39, 0.29) is 17.9 Å². The van der Waals surface area contributed by atoms with Crippen molar-refractivity contribution in [1.29, 1.82) is 0 Å². The summed E-state index contributed by atoms with van der Waals surface area (Å²) >= 11 is 0. The minimum absolute atomic E-state index is 0.0623. The second-order valence-electron chi connectivity index (χ2n) is 4.46. The normalized spacial score (nSPS) is 10.3. The molecule has 21 heavy (non-hydrogen) atoms. The van der Waals surface area contributed by atoms with Gasteiger partial charge in [-0.3, -0.25) is 4.79 Å². The number of benzene rings is 2. The number of carbonyl (C=O) groups excluding carboxylic acids is 1. The van der Waals surface area contributed by atoms with E-state index in [4.69, 9.17) is 9.47 Å². The van der Waals surface area contributed by atoms with Crippen LogP contribution in [0.5, 0.6) is 11.5 Å². The van der Waals surface area contributed by atoms with Crippen LogP contribution in [-0.4, -0.2) is 12.9 Å². The molecule has 0 aliphatic rings. The summed E-state index contributed by atoms with van der Waals surface area (Å²) in [6.07, 6.45) is 0. The fraction of sp³-hybridized carbons (Fsp3) is 0.188. The van der Waals surface area contributed by atoms with Crippen LogP contribution in [0.15, 0.2) is 36.4 Å². The third-order valence-electron chi connectivity index (χ3n) is 2.93. The standard InChI is InChI=1S/C16H14F2O3/c1-10(19)14-7-12(17)8-15(18)16(14)21-9-11-3-5-13(20-2)6-4-11/h3-8H,9H2,1-2H3. The maximum Gasteiger partial charge on any atom is 0.168 e. The molecular formula is C16H14F2O3. The van der Waals surface area contributed by atoms with Crippen molar-refractivity contribution in [3.8, 4) is 11.5 Å². The molecule has 5 heteroatoms. The van der Waals surface area contributed by atoms with E-state index in [9.17, 15) is 13.6 Å². The lowest BCUT2D eigenvalue weighted by Crippen LogP contribution is -2.05. The van der Waals surface area contributed by atoms with Crippen molar-refractivity contribution in [2.24, 2.45) is 0 Å². The molecule has 2 rings (SSSR count). The van der Waals surface area contributed by atoms with Gasteiger partial charge in [-0.25, -0.2) is 8.78 Å². The Morgan fingerprint density at radius 2 is 1.81 bits per heavy atom. The van der Waals surface area contributed by atoms with Gasteiger partial charge in [-0.15, -0.1) is 0 Å². The summed E-state index contributed by atoms with van der Waals surface area (Å²) in [6, 6.07) is 8.66. The van der Waals surface area contributed by atoms with Crippen LogP contribution in [0, 0.1) is 11.6 Å². The van der Waals surface area contributed by atoms with E-state index < -0.39 is 17.4 Å². The third kappa shape index (κ3) is 3.56. The van der Waals surface area contributed by atoms with Crippen LogP contribution in [0.25, 0.3) is 0 Å². The number of methoxy groups -OCH3 is 1. The van der Waals surface area contributed by atoms with Crippen LogP contribution >= 0.6 is 0 Å². The van der Waals surface area contributed by atoms with Gasteiger partial charge >= 0.3 is 0 Å². The molecule has 0 atom stereocenters. The quantitative estimate of drug-likeness (QED) is 0.787. The molecule has 0 heterocycles. The molecule has 0 saturated carbocycles. The highest BCUT2D eigenvalue weighted by Gasteiger charge is 2.16. The van der Waals surface area contributed by atoms with Gasteiger partial charge in [0.25, 0.3) is 0 Å². The zero-order valence-electron chi connectivity index (χ0n) is 11.7. The van der Waals surface area contributed by atoms with Crippen LogP contribution in [0.3, 0.4) is 0 Å². The second kappa shape index (κ2) is 6.35. The molecule has 0 fully saturated rings. The first kappa shape index (κ1) is 15.0. The first-order valence-corrected chi connectivity index (χ1v) is 6.27. The molecule has 0 bridgehead atoms. The zero-order chi connectivity index (χ0) is 15.4. The Labute approximate surface area is 121 Å². The summed E-state index contributed by atoms with van der Waals surface area (Å²) in [7, 11) is 1.55. The maximum absolute atomic E-state index is 13.8. The van der Waals surface area contributed by atoms with Crippen LogP contribution in [-0.2, 0) is 6.61 Å². The molecule has 0 N–H and O–H groups in total. The van der Waals surface area contributed by atoms with Gasteiger partial charge in [0.15, 0.2) is 17.3 Å². The smallest absolute Gasteiger partial charge is 0.168 e. The van der Waals surface area contributed by atoms with E-state index in [2.05, 4.69) is 0 Å². The van der Waals surface area contributed by atoms with E-state index in [1.54, 1.807) is 31.4 Å². The van der Waals surface area contributed by atoms with E-state index in [0.29, 0.717) is 11.8 Å². The molecule has 0 spiro atoms. The number of halogens is 2. The van der Waals surface area contributed by atoms with Crippen molar-refractivity contribution < 1.29 is 23.0 Å². The Bertz CT molecular complexity index is 651. The predicted molar refractivity (Wildman–Crippen MR) is 73.7 cm³/mol. The van der Waals surface area contributed by atoms with Gasteiger partial charge in [0.1, 0.15) is 18.2 Å². The average Bonchev–Trinajstić information content (AvgIpc) is 2.46. The SMILES string of the molecule is COc1ccc(COc2c(F)cc(F)cc2C(C)=O)cc1. The number of hydrogen-bond donors (Lipinski definition) is 0. The summed E-state index contributed by atoms with van der Waals surface area (Å²) in [5, 5.41) is 0. The van der Waals surface area contributed by atoms with E-state index in [0.717, 1.165) is 11.6 Å². The topological polar surface area (TPSA) is 35.5 Å². The summed E-state index contributed by atoms with van der Waals surface area (Å²) in [6.45, 7) is 1.29. The number of hydrogen-bond acceptors (Lipinski definition) is 3. The Balaban J connectivity index is 2.20. The lowest BCUT2D eigenvalue weighted by atomic mass is 10.1. The fourth-order valence-corrected chi connectivity index (χ4v) is 1.85. The van der Waals surface area contributed by atoms with Crippen LogP contribution < -0.4 is 9.47 Å². The molecule has 0 unspecified atom stereocenters. The third-order valence-corrected chi connectivity index (χ3v) is 2.93. The number of rotatable bonds is 5. The van der Waals surface area contributed by atoms with Crippen molar-refractivity contribution in [3.63, 3.8) is 0 Å². The summed E-state index contributed by atoms with van der Waals surface area (Å²) in [5.41, 5.74) is 0.662. The Morgan fingerprint density at radius 3 is 2.38 bits per heavy atom. The van der Waals surface area contributed by atoms with Gasteiger partial charge in [-0.05, 0) is 30.7 Å². The highest BCUT2D eigenvalue weighted by Crippen LogP contribution is 2.26. The molecule has 110 valence electrons. The minimum atomic E-state index is -0.895. The molecule has 2 aromatic rings. The van der Waals surface area contributed by atoms with Gasteiger partial charge in [-0.1, -0.05) is 12.1 Å². The molecule has 0 aliphatic carbocycles. The second-order valence-corrected chi connectivity index (χ2v) is 4.46. The Hall–Kier alpha value is -2.43. The van der Waals surface area contributed by atoms with Gasteiger partial charge in [0, 0.05) is 6.07 Å². The highest BCUT2D eigenvalue weighted by atomic mass is 19.1. The van der Waals surface area contributed by atoms with E-state index in [1.807, 2.05) is 0 Å². The molecular weight excluding hydrogens is 278 g/mol. The number of ketones is 1. The van der Waals surface area contributed by atoms with Gasteiger partial charge in [0.05, 0.1) is 12.7 Å². The first-order valence-electron chi connectivity index (χ1n) is 6.27. The minimum Gasteiger partial charge on any atom is -0.497 e. The lowest BCUT2D eigenvalue weighted by Gasteiger charge is -2.11. The van der Waals surface area contributed by atoms with Gasteiger partial charge in [0.2, 0.25) is 0 Å². The first-order chi connectivity index (χ1) is 10.0. The molecule has 2 aromatic carbocycles. The van der Waals surface area contributed by atoms with Crippen LogP contribution in [0.1, 0.15) is 22.8 Å². The predicted octanol–water partition coefficient (Wildman–Crippen LogP) is 3.76. The average molecular weight is 292 g/mol. The molecule has 0 radical (unpaired) electrons. The Kier molecular flexibility index (Phi) is 4.52. The van der Waals surface area contributed by atoms with Crippen molar-refractivity contribution in [2.45, 2.75) is 13.5 Å². The summed E-state index contributed by atoms with van der Waals surface area (Å²) in [5.74, 6) is -1.71. The zero-order valence-corrected chi connectivity index (χ0v) is 11.7. The van der Waals surface area contributed by atoms with Crippen molar-refractivity contribution in [3.05, 3.63) is 59.2 Å². The number of carbonyl (C=O) groups is 1. The number of Topliss-reactive ketones (excluding diaryl/α,β-unsaturated/α-hetero) is 1. The maximum atomic E-state index is 13.8. The van der Waals surface area contributed by atoms with Gasteiger partial charge in [-0.2, -0.15) is 0 Å². The molecule has 0 aliphatic heterocycles. The molecule has 0 amide bonds. The van der Waals surface area contributed by atoms with E-state index >= 15 is 0 Å². The Morgan fingerprint density at radius 1 is 1.14 bits per heavy atom. The van der Waals surface area contributed by atoms with E-state index in [1.165, 1.54) is 6.92 Å². The van der Waals surface area contributed by atoms with Crippen molar-refractivity contribution >= 4 is 5.78 Å². The van der Waals surface area contributed by atoms with Gasteiger partial charge < -0.3 is 9.47 Å². The molecule has 3 nitrogen and oxygen atoms in total. The molecule has 0 aromatic heterocycles. The lowest BCUT2D eigenvalue weighted by molar-refractivity contribution is 0.101. The largest absolute Gasteiger partial charge is 0.497 e. The van der Waals surface area contributed by atoms with Crippen LogP contribution in [0.2, 0.25) is 0 Å². The monoisotopic (exact) mass is 292 g/mol. The summed E-state index contributed by atoms with van der Waals surface area (Å²) in [4.78, 5) is 11.4. The van der Waals surface area contributed by atoms with Crippen LogP contribution in [0.4, 0.5) is 8.78 Å². The van der Waals surface area contributed by atoms with Crippen molar-refractivity contribution in [2.75, 3.05) is 7.11 Å².